The summed E-state index contributed by atoms with van der Waals surface area (Å²) >= 11 is 0. The molecule has 0 radical (unpaired) electrons. The zero-order valence-corrected chi connectivity index (χ0v) is 12.5. The highest BCUT2D eigenvalue weighted by Crippen LogP contribution is 2.10. The van der Waals surface area contributed by atoms with Gasteiger partial charge in [-0.05, 0) is 51.2 Å². The van der Waals surface area contributed by atoms with E-state index < -0.39 is 0 Å². The topological polar surface area (TPSA) is 54.4 Å². The summed E-state index contributed by atoms with van der Waals surface area (Å²) in [6, 6.07) is 3.32. The van der Waals surface area contributed by atoms with E-state index in [9.17, 15) is 4.79 Å². The molecule has 0 aliphatic heterocycles. The largest absolute Gasteiger partial charge is 0.271 e. The number of aromatic nitrogens is 1. The summed E-state index contributed by atoms with van der Waals surface area (Å²) in [6.45, 7) is 6.41. The molecule has 0 saturated carbocycles. The molecule has 0 fully saturated rings. The molecule has 0 aliphatic rings. The van der Waals surface area contributed by atoms with Gasteiger partial charge in [0, 0.05) is 24.2 Å². The number of nitrogens with one attached hydrogen (secondary N) is 1. The van der Waals surface area contributed by atoms with Crippen molar-refractivity contribution < 1.29 is 4.79 Å². The van der Waals surface area contributed by atoms with Crippen molar-refractivity contribution in [1.82, 2.24) is 10.4 Å². The van der Waals surface area contributed by atoms with Gasteiger partial charge in [0.1, 0.15) is 0 Å². The Bertz CT molecular complexity index is 462. The van der Waals surface area contributed by atoms with E-state index in [0.29, 0.717) is 11.5 Å². The summed E-state index contributed by atoms with van der Waals surface area (Å²) in [5.41, 5.74) is 4.44. The molecule has 4 nitrogen and oxygen atoms in total. The van der Waals surface area contributed by atoms with E-state index in [4.69, 9.17) is 0 Å². The highest BCUT2D eigenvalue weighted by Gasteiger charge is 2.02. The first kappa shape index (κ1) is 16.1. The third-order valence-corrected chi connectivity index (χ3v) is 2.92. The van der Waals surface area contributed by atoms with Crippen LogP contribution in [0.15, 0.2) is 41.3 Å². The Hall–Kier alpha value is -1.97. The molecule has 4 heteroatoms. The number of hydrogen-bond acceptors (Lipinski definition) is 3. The van der Waals surface area contributed by atoms with Gasteiger partial charge in [0.25, 0.3) is 5.91 Å². The highest BCUT2D eigenvalue weighted by molar-refractivity contribution is 5.94. The van der Waals surface area contributed by atoms with E-state index >= 15 is 0 Å². The van der Waals surface area contributed by atoms with Gasteiger partial charge in [0.05, 0.1) is 0 Å². The number of carbonyl (C=O) groups is 1. The van der Waals surface area contributed by atoms with Gasteiger partial charge < -0.3 is 0 Å². The molecule has 1 atom stereocenters. The van der Waals surface area contributed by atoms with Crippen molar-refractivity contribution in [2.45, 2.75) is 40.0 Å². The molecule has 0 aromatic carbocycles. The summed E-state index contributed by atoms with van der Waals surface area (Å²) in [5.74, 6) is 0.355. The third-order valence-electron chi connectivity index (χ3n) is 2.92. The minimum atomic E-state index is -0.208. The fourth-order valence-corrected chi connectivity index (χ4v) is 1.68. The molecule has 1 heterocycles. The normalized spacial score (nSPS) is 12.2. The van der Waals surface area contributed by atoms with Crippen molar-refractivity contribution in [2.24, 2.45) is 11.0 Å². The Labute approximate surface area is 121 Å². The molecule has 0 bridgehead atoms. The quantitative estimate of drug-likeness (QED) is 0.469. The van der Waals surface area contributed by atoms with Gasteiger partial charge >= 0.3 is 0 Å². The summed E-state index contributed by atoms with van der Waals surface area (Å²) in [4.78, 5) is 15.5. The molecule has 0 aliphatic carbocycles. The molecule has 0 spiro atoms. The lowest BCUT2D eigenvalue weighted by atomic mass is 10.0. The van der Waals surface area contributed by atoms with Crippen molar-refractivity contribution >= 4 is 12.1 Å². The maximum atomic E-state index is 11.7. The van der Waals surface area contributed by atoms with Gasteiger partial charge in [-0.15, -0.1) is 0 Å². The van der Waals surface area contributed by atoms with E-state index in [-0.39, 0.29) is 5.91 Å². The Morgan fingerprint density at radius 3 is 2.75 bits per heavy atom. The number of carbonyl (C=O) groups excluding carboxylic acids is 1. The Morgan fingerprint density at radius 2 is 2.10 bits per heavy atom. The van der Waals surface area contributed by atoms with Gasteiger partial charge in [-0.3, -0.25) is 9.78 Å². The zero-order valence-electron chi connectivity index (χ0n) is 12.5. The van der Waals surface area contributed by atoms with Crippen molar-refractivity contribution in [1.29, 1.82) is 0 Å². The Kier molecular flexibility index (Phi) is 7.25. The van der Waals surface area contributed by atoms with Crippen LogP contribution in [0.4, 0.5) is 0 Å². The van der Waals surface area contributed by atoms with Crippen LogP contribution in [0.3, 0.4) is 0 Å². The minimum absolute atomic E-state index is 0.208. The van der Waals surface area contributed by atoms with Crippen LogP contribution >= 0.6 is 0 Å². The first-order chi connectivity index (χ1) is 9.59. The van der Waals surface area contributed by atoms with E-state index in [2.05, 4.69) is 42.4 Å². The molecule has 1 aromatic rings. The van der Waals surface area contributed by atoms with Crippen LogP contribution in [0, 0.1) is 5.92 Å². The van der Waals surface area contributed by atoms with Crippen molar-refractivity contribution in [2.75, 3.05) is 0 Å². The molecular weight excluding hydrogens is 250 g/mol. The predicted octanol–water partition coefficient (Wildman–Crippen LogP) is 3.57. The van der Waals surface area contributed by atoms with Crippen LogP contribution in [-0.2, 0) is 0 Å². The fourth-order valence-electron chi connectivity index (χ4n) is 1.68. The predicted molar refractivity (Wildman–Crippen MR) is 82.6 cm³/mol. The van der Waals surface area contributed by atoms with Crippen LogP contribution in [0.5, 0.6) is 0 Å². The van der Waals surface area contributed by atoms with Gasteiger partial charge in [-0.25, -0.2) is 5.43 Å². The van der Waals surface area contributed by atoms with E-state index in [0.717, 1.165) is 19.3 Å². The first-order valence-electron chi connectivity index (χ1n) is 6.95. The highest BCUT2D eigenvalue weighted by atomic mass is 16.2. The Balaban J connectivity index is 2.25. The maximum absolute atomic E-state index is 11.7. The standard InChI is InChI=1S/C16H23N3O/c1-13(2)5-4-6-14(3)7-12-18-19-16(20)15-8-10-17-11-9-15/h5,8-12,14H,4,6-7H2,1-3H3,(H,19,20). The number of allylic oxidation sites excluding steroid dienone is 2. The SMILES string of the molecule is CC(C)=CCCC(C)CC=NNC(=O)c1ccncc1. The average Bonchev–Trinajstić information content (AvgIpc) is 2.44. The number of rotatable bonds is 7. The number of amides is 1. The van der Waals surface area contributed by atoms with Crippen molar-refractivity contribution in [3.05, 3.63) is 41.7 Å². The molecule has 1 amide bonds. The summed E-state index contributed by atoms with van der Waals surface area (Å²) < 4.78 is 0. The third kappa shape index (κ3) is 6.83. The number of hydrazone groups is 1. The molecule has 1 aromatic heterocycles. The number of pyridine rings is 1. The van der Waals surface area contributed by atoms with Gasteiger partial charge in [-0.2, -0.15) is 5.10 Å². The second kappa shape index (κ2) is 9.02. The van der Waals surface area contributed by atoms with Crippen LogP contribution in [0.2, 0.25) is 0 Å². The second-order valence-corrected chi connectivity index (χ2v) is 5.19. The van der Waals surface area contributed by atoms with Crippen molar-refractivity contribution in [3.8, 4) is 0 Å². The molecule has 1 rings (SSSR count). The van der Waals surface area contributed by atoms with Gasteiger partial charge in [0.15, 0.2) is 0 Å². The monoisotopic (exact) mass is 273 g/mol. The molecule has 0 saturated heterocycles. The van der Waals surface area contributed by atoms with E-state index in [1.165, 1.54) is 5.57 Å². The van der Waals surface area contributed by atoms with Gasteiger partial charge in [-0.1, -0.05) is 18.6 Å². The van der Waals surface area contributed by atoms with Crippen molar-refractivity contribution in [3.63, 3.8) is 0 Å². The van der Waals surface area contributed by atoms with Gasteiger partial charge in [0.2, 0.25) is 0 Å². The smallest absolute Gasteiger partial charge is 0.267 e. The van der Waals surface area contributed by atoms with E-state index in [1.807, 2.05) is 0 Å². The molecule has 1 unspecified atom stereocenters. The van der Waals surface area contributed by atoms with E-state index in [1.54, 1.807) is 30.7 Å². The summed E-state index contributed by atoms with van der Waals surface area (Å²) in [7, 11) is 0. The molecular formula is C16H23N3O. The zero-order chi connectivity index (χ0) is 14.8. The minimum Gasteiger partial charge on any atom is -0.267 e. The van der Waals surface area contributed by atoms with Crippen LogP contribution in [0.1, 0.15) is 50.4 Å². The van der Waals surface area contributed by atoms with Crippen LogP contribution in [-0.4, -0.2) is 17.1 Å². The number of nitrogens with zero attached hydrogens (tertiary/aromatic N) is 2. The summed E-state index contributed by atoms with van der Waals surface area (Å²) in [5, 5.41) is 3.97. The molecule has 1 N–H and O–H groups in total. The number of hydrogen-bond donors (Lipinski definition) is 1. The summed E-state index contributed by atoms with van der Waals surface area (Å²) in [6.07, 6.45) is 10.3. The first-order valence-corrected chi connectivity index (χ1v) is 6.95. The van der Waals surface area contributed by atoms with Crippen LogP contribution < -0.4 is 5.43 Å². The average molecular weight is 273 g/mol. The lowest BCUT2D eigenvalue weighted by Gasteiger charge is -2.06. The van der Waals surface area contributed by atoms with Crippen LogP contribution in [0.25, 0.3) is 0 Å². The molecule has 20 heavy (non-hydrogen) atoms. The lowest BCUT2D eigenvalue weighted by Crippen LogP contribution is -2.17. The lowest BCUT2D eigenvalue weighted by molar-refractivity contribution is 0.0955. The molecule has 108 valence electrons. The second-order valence-electron chi connectivity index (χ2n) is 5.19. The fraction of sp³-hybridized carbons (Fsp3) is 0.438. The maximum Gasteiger partial charge on any atom is 0.271 e. The Morgan fingerprint density at radius 1 is 1.40 bits per heavy atom.